The van der Waals surface area contributed by atoms with E-state index in [0.29, 0.717) is 11.4 Å². The van der Waals surface area contributed by atoms with Gasteiger partial charge in [-0.15, -0.1) is 0 Å². The lowest BCUT2D eigenvalue weighted by Gasteiger charge is -2.26. The maximum Gasteiger partial charge on any atom is 0.243 e. The van der Waals surface area contributed by atoms with Crippen molar-refractivity contribution in [3.63, 3.8) is 0 Å². The minimum Gasteiger partial charge on any atom is -0.384 e. The van der Waals surface area contributed by atoms with Crippen molar-refractivity contribution in [1.82, 2.24) is 9.21 Å². The van der Waals surface area contributed by atoms with Gasteiger partial charge in [-0.1, -0.05) is 6.07 Å². The second-order valence-corrected chi connectivity index (χ2v) is 8.06. The standard InChI is InChI=1S/C15H23N3O2S/c1-17(2)11-13-4-3-9-18(13)21(19,20)14-6-5-12-7-8-16-15(12)10-14/h5-6,10,13,16H,3-4,7-9,11H2,1-2H3. The summed E-state index contributed by atoms with van der Waals surface area (Å²) in [6, 6.07) is 5.58. The van der Waals surface area contributed by atoms with Gasteiger partial charge in [0.25, 0.3) is 0 Å². The summed E-state index contributed by atoms with van der Waals surface area (Å²) in [6.07, 6.45) is 2.87. The van der Waals surface area contributed by atoms with Gasteiger partial charge in [-0.05, 0) is 51.1 Å². The number of anilines is 1. The minimum absolute atomic E-state index is 0.0891. The van der Waals surface area contributed by atoms with Crippen LogP contribution >= 0.6 is 0 Å². The zero-order chi connectivity index (χ0) is 15.0. The van der Waals surface area contributed by atoms with E-state index in [1.807, 2.05) is 20.2 Å². The summed E-state index contributed by atoms with van der Waals surface area (Å²) < 4.78 is 27.5. The van der Waals surface area contributed by atoms with E-state index in [-0.39, 0.29) is 6.04 Å². The maximum atomic E-state index is 12.9. The highest BCUT2D eigenvalue weighted by Gasteiger charge is 2.35. The molecule has 0 aliphatic carbocycles. The lowest BCUT2D eigenvalue weighted by Crippen LogP contribution is -2.41. The Balaban J connectivity index is 1.89. The van der Waals surface area contributed by atoms with E-state index in [1.165, 1.54) is 5.56 Å². The van der Waals surface area contributed by atoms with Gasteiger partial charge in [-0.25, -0.2) is 8.42 Å². The van der Waals surface area contributed by atoms with Crippen molar-refractivity contribution >= 4 is 15.7 Å². The van der Waals surface area contributed by atoms with Gasteiger partial charge in [-0.3, -0.25) is 0 Å². The molecule has 5 nitrogen and oxygen atoms in total. The van der Waals surface area contributed by atoms with Crippen LogP contribution in [0, 0.1) is 0 Å². The van der Waals surface area contributed by atoms with Crippen molar-refractivity contribution in [2.75, 3.05) is 39.0 Å². The van der Waals surface area contributed by atoms with Crippen LogP contribution in [0.25, 0.3) is 0 Å². The Hall–Kier alpha value is -1.11. The Kier molecular flexibility index (Phi) is 3.94. The summed E-state index contributed by atoms with van der Waals surface area (Å²) in [7, 11) is 0.589. The Morgan fingerprint density at radius 2 is 2.19 bits per heavy atom. The molecular weight excluding hydrogens is 286 g/mol. The SMILES string of the molecule is CN(C)CC1CCCN1S(=O)(=O)c1ccc2c(c1)NCC2. The molecule has 1 aromatic carbocycles. The summed E-state index contributed by atoms with van der Waals surface area (Å²) >= 11 is 0. The first-order valence-corrected chi connectivity index (χ1v) is 8.96. The van der Waals surface area contributed by atoms with Gasteiger partial charge in [0.15, 0.2) is 0 Å². The molecule has 21 heavy (non-hydrogen) atoms. The van der Waals surface area contributed by atoms with Crippen molar-refractivity contribution < 1.29 is 8.42 Å². The molecule has 2 heterocycles. The first-order valence-electron chi connectivity index (χ1n) is 7.52. The van der Waals surface area contributed by atoms with Gasteiger partial charge in [0, 0.05) is 31.4 Å². The smallest absolute Gasteiger partial charge is 0.243 e. The first-order chi connectivity index (χ1) is 9.98. The van der Waals surface area contributed by atoms with E-state index in [2.05, 4.69) is 10.2 Å². The molecule has 0 bridgehead atoms. The van der Waals surface area contributed by atoms with E-state index in [4.69, 9.17) is 0 Å². The molecule has 2 aliphatic heterocycles. The molecule has 0 radical (unpaired) electrons. The molecule has 1 unspecified atom stereocenters. The highest BCUT2D eigenvalue weighted by molar-refractivity contribution is 7.89. The second-order valence-electron chi connectivity index (χ2n) is 6.17. The third-order valence-electron chi connectivity index (χ3n) is 4.30. The maximum absolute atomic E-state index is 12.9. The van der Waals surface area contributed by atoms with Gasteiger partial charge in [0.2, 0.25) is 10.0 Å². The average molecular weight is 309 g/mol. The molecular formula is C15H23N3O2S. The van der Waals surface area contributed by atoms with Crippen molar-refractivity contribution in [2.24, 2.45) is 0 Å². The third-order valence-corrected chi connectivity index (χ3v) is 6.24. The molecule has 1 aromatic rings. The van der Waals surface area contributed by atoms with E-state index in [9.17, 15) is 8.42 Å². The Labute approximate surface area is 127 Å². The highest BCUT2D eigenvalue weighted by atomic mass is 32.2. The van der Waals surface area contributed by atoms with Gasteiger partial charge in [0.1, 0.15) is 0 Å². The van der Waals surface area contributed by atoms with E-state index in [1.54, 1.807) is 16.4 Å². The summed E-state index contributed by atoms with van der Waals surface area (Å²) in [5.74, 6) is 0. The lowest BCUT2D eigenvalue weighted by molar-refractivity contribution is 0.291. The topological polar surface area (TPSA) is 52.7 Å². The van der Waals surface area contributed by atoms with Gasteiger partial charge in [0.05, 0.1) is 4.90 Å². The average Bonchev–Trinajstić information content (AvgIpc) is 3.05. The van der Waals surface area contributed by atoms with Gasteiger partial charge >= 0.3 is 0 Å². The predicted octanol–water partition coefficient (Wildman–Crippen LogP) is 1.37. The zero-order valence-electron chi connectivity index (χ0n) is 12.7. The van der Waals surface area contributed by atoms with E-state index >= 15 is 0 Å². The van der Waals surface area contributed by atoms with Crippen LogP contribution in [-0.4, -0.2) is 57.4 Å². The molecule has 0 amide bonds. The molecule has 1 fully saturated rings. The Morgan fingerprint density at radius 1 is 1.38 bits per heavy atom. The number of likely N-dealkylation sites (N-methyl/N-ethyl adjacent to an activating group) is 1. The lowest BCUT2D eigenvalue weighted by atomic mass is 10.2. The van der Waals surface area contributed by atoms with Crippen molar-refractivity contribution in [3.8, 4) is 0 Å². The molecule has 1 N–H and O–H groups in total. The van der Waals surface area contributed by atoms with Crippen LogP contribution in [0.3, 0.4) is 0 Å². The number of nitrogens with one attached hydrogen (secondary N) is 1. The summed E-state index contributed by atoms with van der Waals surface area (Å²) in [5, 5.41) is 3.26. The summed E-state index contributed by atoms with van der Waals surface area (Å²) in [4.78, 5) is 2.48. The van der Waals surface area contributed by atoms with Crippen LogP contribution < -0.4 is 5.32 Å². The number of nitrogens with zero attached hydrogens (tertiary/aromatic N) is 2. The quantitative estimate of drug-likeness (QED) is 0.913. The normalized spacial score (nSPS) is 22.5. The molecule has 0 saturated carbocycles. The fourth-order valence-corrected chi connectivity index (χ4v) is 5.01. The number of fused-ring (bicyclic) bond motifs is 1. The number of sulfonamides is 1. The largest absolute Gasteiger partial charge is 0.384 e. The number of benzene rings is 1. The monoisotopic (exact) mass is 309 g/mol. The third kappa shape index (κ3) is 2.80. The van der Waals surface area contributed by atoms with Crippen LogP contribution in [0.4, 0.5) is 5.69 Å². The zero-order valence-corrected chi connectivity index (χ0v) is 13.5. The second kappa shape index (κ2) is 5.59. The number of rotatable bonds is 4. The number of hydrogen-bond acceptors (Lipinski definition) is 4. The van der Waals surface area contributed by atoms with Crippen LogP contribution in [0.2, 0.25) is 0 Å². The van der Waals surface area contributed by atoms with Gasteiger partial charge in [-0.2, -0.15) is 4.31 Å². The van der Waals surface area contributed by atoms with Crippen LogP contribution in [0.15, 0.2) is 23.1 Å². The molecule has 6 heteroatoms. The molecule has 1 saturated heterocycles. The molecule has 1 atom stereocenters. The van der Waals surface area contributed by atoms with E-state index < -0.39 is 10.0 Å². The van der Waals surface area contributed by atoms with E-state index in [0.717, 1.165) is 38.0 Å². The predicted molar refractivity (Wildman–Crippen MR) is 84.1 cm³/mol. The van der Waals surface area contributed by atoms with Crippen molar-refractivity contribution in [1.29, 1.82) is 0 Å². The van der Waals surface area contributed by atoms with Crippen molar-refractivity contribution in [3.05, 3.63) is 23.8 Å². The Bertz CT molecular complexity index is 628. The fourth-order valence-electron chi connectivity index (χ4n) is 3.30. The highest BCUT2D eigenvalue weighted by Crippen LogP contribution is 2.30. The van der Waals surface area contributed by atoms with Crippen LogP contribution in [0.1, 0.15) is 18.4 Å². The van der Waals surface area contributed by atoms with Crippen LogP contribution in [-0.2, 0) is 16.4 Å². The summed E-state index contributed by atoms with van der Waals surface area (Å²) in [5.41, 5.74) is 2.18. The molecule has 0 aromatic heterocycles. The Morgan fingerprint density at radius 3 is 2.95 bits per heavy atom. The van der Waals surface area contributed by atoms with Crippen molar-refractivity contribution in [2.45, 2.75) is 30.2 Å². The fraction of sp³-hybridized carbons (Fsp3) is 0.600. The molecule has 2 aliphatic rings. The number of hydrogen-bond donors (Lipinski definition) is 1. The summed E-state index contributed by atoms with van der Waals surface area (Å²) in [6.45, 7) is 2.31. The molecule has 116 valence electrons. The first kappa shape index (κ1) is 14.8. The van der Waals surface area contributed by atoms with Crippen LogP contribution in [0.5, 0.6) is 0 Å². The molecule has 3 rings (SSSR count). The van der Waals surface area contributed by atoms with Gasteiger partial charge < -0.3 is 10.2 Å². The molecule has 0 spiro atoms. The minimum atomic E-state index is -3.39.